The number of ether oxygens (including phenoxy) is 2. The number of hydrogen-bond donors (Lipinski definition) is 2. The van der Waals surface area contributed by atoms with E-state index in [2.05, 4.69) is 38.4 Å². The van der Waals surface area contributed by atoms with Crippen LogP contribution in [0.5, 0.6) is 5.75 Å². The molecule has 3 aromatic rings. The van der Waals surface area contributed by atoms with Crippen LogP contribution in [0, 0.1) is 0 Å². The van der Waals surface area contributed by atoms with Crippen LogP contribution in [0.1, 0.15) is 71.9 Å². The van der Waals surface area contributed by atoms with Gasteiger partial charge in [0.05, 0.1) is 25.7 Å². The number of nitrogens with one attached hydrogen (secondary N) is 2. The monoisotopic (exact) mass is 621 g/mol. The lowest BCUT2D eigenvalue weighted by Gasteiger charge is -2.41. The molecule has 2 N–H and O–H groups in total. The van der Waals surface area contributed by atoms with Crippen LogP contribution in [0.15, 0.2) is 77.4 Å². The van der Waals surface area contributed by atoms with Crippen molar-refractivity contribution in [2.75, 3.05) is 27.4 Å². The Morgan fingerprint density at radius 2 is 1.90 bits per heavy atom. The fourth-order valence-corrected chi connectivity index (χ4v) is 5.37. The Bertz CT molecular complexity index is 1360. The van der Waals surface area contributed by atoms with Gasteiger partial charge in [0.2, 0.25) is 5.91 Å². The third kappa shape index (κ3) is 7.77. The molecular formula is C33H40BrN3O4. The van der Waals surface area contributed by atoms with Gasteiger partial charge in [0.15, 0.2) is 0 Å². The van der Waals surface area contributed by atoms with Crippen molar-refractivity contribution in [1.29, 1.82) is 0 Å². The number of fused-ring (bicyclic) bond motifs is 1. The topological polar surface area (TPSA) is 83.7 Å². The van der Waals surface area contributed by atoms with Crippen molar-refractivity contribution < 1.29 is 19.1 Å². The van der Waals surface area contributed by atoms with Crippen LogP contribution >= 0.6 is 15.9 Å². The summed E-state index contributed by atoms with van der Waals surface area (Å²) < 4.78 is 11.7. The van der Waals surface area contributed by atoms with Gasteiger partial charge in [0, 0.05) is 47.7 Å². The van der Waals surface area contributed by atoms with Crippen LogP contribution < -0.4 is 10.1 Å². The average Bonchev–Trinajstić information content (AvgIpc) is 3.47. The molecule has 0 radical (unpaired) electrons. The highest BCUT2D eigenvalue weighted by atomic mass is 79.9. The second-order valence-electron chi connectivity index (χ2n) is 9.27. The highest BCUT2D eigenvalue weighted by Gasteiger charge is 2.44. The van der Waals surface area contributed by atoms with Crippen molar-refractivity contribution in [1.82, 2.24) is 15.2 Å². The summed E-state index contributed by atoms with van der Waals surface area (Å²) in [5.74, 6) is -0.215. The predicted molar refractivity (Wildman–Crippen MR) is 168 cm³/mol. The lowest BCUT2D eigenvalue weighted by Crippen LogP contribution is -2.48. The number of nitrogens with zero attached hydrogens (tertiary/aromatic N) is 1. The first-order valence-electron chi connectivity index (χ1n) is 13.9. The number of allylic oxidation sites excluding steroid dienone is 3. The molecule has 218 valence electrons. The number of aromatic amines is 1. The maximum absolute atomic E-state index is 14.0. The van der Waals surface area contributed by atoms with Crippen LogP contribution in [-0.2, 0) is 16.1 Å². The summed E-state index contributed by atoms with van der Waals surface area (Å²) in [6.45, 7) is 6.99. The number of methoxy groups -OCH3 is 2. The first-order valence-corrected chi connectivity index (χ1v) is 14.7. The van der Waals surface area contributed by atoms with Gasteiger partial charge < -0.3 is 24.7 Å². The molecule has 0 saturated heterocycles. The van der Waals surface area contributed by atoms with E-state index in [4.69, 9.17) is 9.47 Å². The fourth-order valence-electron chi connectivity index (χ4n) is 4.97. The molecule has 2 unspecified atom stereocenters. The molecule has 2 heterocycles. The first kappa shape index (κ1) is 31.9. The molecule has 2 atom stereocenters. The zero-order valence-electron chi connectivity index (χ0n) is 24.4. The third-order valence-electron chi connectivity index (χ3n) is 6.83. The van der Waals surface area contributed by atoms with Gasteiger partial charge >= 0.3 is 0 Å². The summed E-state index contributed by atoms with van der Waals surface area (Å²) in [6, 6.07) is 14.6. The number of benzene rings is 2. The van der Waals surface area contributed by atoms with Gasteiger partial charge in [-0.3, -0.25) is 9.59 Å². The maximum Gasteiger partial charge on any atom is 0.254 e. The van der Waals surface area contributed by atoms with Crippen molar-refractivity contribution in [2.24, 2.45) is 0 Å². The minimum Gasteiger partial charge on any atom is -0.496 e. The van der Waals surface area contributed by atoms with Crippen LogP contribution in [0.25, 0.3) is 6.08 Å². The highest BCUT2D eigenvalue weighted by Crippen LogP contribution is 2.43. The highest BCUT2D eigenvalue weighted by molar-refractivity contribution is 9.10. The Morgan fingerprint density at radius 3 is 2.63 bits per heavy atom. The number of H-pyrrole nitrogens is 1. The molecule has 0 aliphatic carbocycles. The van der Waals surface area contributed by atoms with Gasteiger partial charge in [-0.05, 0) is 60.9 Å². The number of rotatable bonds is 11. The SMILES string of the molecule is C/C=C\CC=Cc1cc(C2C(C(=O)NCc3cc(Br)ccc3OC)c3ccccc3C(=O)N2CCOC)c[nH]1.CC. The largest absolute Gasteiger partial charge is 0.496 e. The Balaban J connectivity index is 0.00000226. The second-order valence-corrected chi connectivity index (χ2v) is 10.2. The predicted octanol–water partition coefficient (Wildman–Crippen LogP) is 7.03. The van der Waals surface area contributed by atoms with Gasteiger partial charge in [-0.1, -0.05) is 66.2 Å². The van der Waals surface area contributed by atoms with E-state index in [9.17, 15) is 9.59 Å². The quantitative estimate of drug-likeness (QED) is 0.225. The normalized spacial score (nSPS) is 16.4. The van der Waals surface area contributed by atoms with Crippen molar-refractivity contribution >= 4 is 33.8 Å². The minimum atomic E-state index is -0.621. The number of amides is 2. The zero-order chi connectivity index (χ0) is 29.8. The molecule has 4 rings (SSSR count). The molecule has 0 spiro atoms. The smallest absolute Gasteiger partial charge is 0.254 e. The summed E-state index contributed by atoms with van der Waals surface area (Å²) >= 11 is 3.50. The molecule has 41 heavy (non-hydrogen) atoms. The van der Waals surface area contributed by atoms with Crippen LogP contribution in [-0.4, -0.2) is 49.1 Å². The molecule has 0 saturated carbocycles. The molecule has 1 aliphatic heterocycles. The summed E-state index contributed by atoms with van der Waals surface area (Å²) in [6.07, 6.45) is 10.9. The minimum absolute atomic E-state index is 0.114. The van der Waals surface area contributed by atoms with Gasteiger partial charge in [0.25, 0.3) is 5.91 Å². The van der Waals surface area contributed by atoms with E-state index in [1.807, 2.05) is 81.6 Å². The number of aromatic nitrogens is 1. The van der Waals surface area contributed by atoms with E-state index >= 15 is 0 Å². The maximum atomic E-state index is 14.0. The van der Waals surface area contributed by atoms with Crippen LogP contribution in [0.3, 0.4) is 0 Å². The van der Waals surface area contributed by atoms with Gasteiger partial charge in [-0.15, -0.1) is 0 Å². The molecule has 1 aliphatic rings. The molecule has 1 aromatic heterocycles. The van der Waals surface area contributed by atoms with Crippen molar-refractivity contribution in [2.45, 2.75) is 45.7 Å². The van der Waals surface area contributed by atoms with Gasteiger partial charge in [0.1, 0.15) is 5.75 Å². The van der Waals surface area contributed by atoms with Crippen molar-refractivity contribution in [3.05, 3.63) is 105 Å². The zero-order valence-corrected chi connectivity index (χ0v) is 26.0. The second kappa shape index (κ2) is 16.0. The molecule has 2 aromatic carbocycles. The number of carbonyl (C=O) groups is 2. The lowest BCUT2D eigenvalue weighted by atomic mass is 9.79. The van der Waals surface area contributed by atoms with E-state index in [-0.39, 0.29) is 18.4 Å². The lowest BCUT2D eigenvalue weighted by molar-refractivity contribution is -0.124. The van der Waals surface area contributed by atoms with E-state index in [1.54, 1.807) is 25.2 Å². The van der Waals surface area contributed by atoms with E-state index < -0.39 is 12.0 Å². The Kier molecular flexibility index (Phi) is 12.4. The fraction of sp³-hybridized carbons (Fsp3) is 0.333. The molecule has 0 bridgehead atoms. The summed E-state index contributed by atoms with van der Waals surface area (Å²) in [4.78, 5) is 32.8. The Morgan fingerprint density at radius 1 is 1.12 bits per heavy atom. The standard InChI is InChI=1S/C31H34BrN3O4.C2H6/c1-4-5-6-7-10-24-18-22(20-33-24)29-28(30(36)34-19-21-17-23(32)13-14-27(21)39-3)25-11-8-9-12-26(25)31(37)35(29)15-16-38-2;1-2/h4-5,7-14,17-18,20,28-29,33H,6,15-16,19H2,1-3H3,(H,34,36);1-2H3/b5-4-,10-7?;. The molecule has 7 nitrogen and oxygen atoms in total. The summed E-state index contributed by atoms with van der Waals surface area (Å²) in [5, 5.41) is 3.12. The number of carbonyl (C=O) groups excluding carboxylic acids is 2. The Labute approximate surface area is 251 Å². The van der Waals surface area contributed by atoms with Crippen molar-refractivity contribution in [3.8, 4) is 5.75 Å². The number of halogens is 1. The van der Waals surface area contributed by atoms with Crippen LogP contribution in [0.4, 0.5) is 0 Å². The number of hydrogen-bond acceptors (Lipinski definition) is 4. The molecule has 0 fully saturated rings. The van der Waals surface area contributed by atoms with E-state index in [0.717, 1.165) is 27.7 Å². The van der Waals surface area contributed by atoms with Crippen molar-refractivity contribution in [3.63, 3.8) is 0 Å². The first-order chi connectivity index (χ1) is 20.0. The van der Waals surface area contributed by atoms with E-state index in [1.165, 1.54) is 0 Å². The van der Waals surface area contributed by atoms with Gasteiger partial charge in [-0.25, -0.2) is 0 Å². The van der Waals surface area contributed by atoms with Crippen LogP contribution in [0.2, 0.25) is 0 Å². The third-order valence-corrected chi connectivity index (χ3v) is 7.32. The summed E-state index contributed by atoms with van der Waals surface area (Å²) in [7, 11) is 3.22. The molecule has 2 amide bonds. The van der Waals surface area contributed by atoms with E-state index in [0.29, 0.717) is 30.0 Å². The summed E-state index contributed by atoms with van der Waals surface area (Å²) in [5.41, 5.74) is 3.87. The molecule has 8 heteroatoms. The molecular weight excluding hydrogens is 582 g/mol. The van der Waals surface area contributed by atoms with Gasteiger partial charge in [-0.2, -0.15) is 0 Å². The Hall–Kier alpha value is -3.62. The average molecular weight is 623 g/mol.